The van der Waals surface area contributed by atoms with Gasteiger partial charge in [-0.15, -0.1) is 0 Å². The van der Waals surface area contributed by atoms with Gasteiger partial charge in [-0.3, -0.25) is 4.79 Å². The number of hydrogen-bond acceptors (Lipinski definition) is 4. The Morgan fingerprint density at radius 2 is 1.80 bits per heavy atom. The molecule has 0 aliphatic rings. The van der Waals surface area contributed by atoms with Crippen LogP contribution in [0.2, 0.25) is 0 Å². The van der Waals surface area contributed by atoms with Crippen LogP contribution >= 0.6 is 0 Å². The number of hydrogen-bond donors (Lipinski definition) is 1. The fourth-order valence-electron chi connectivity index (χ4n) is 2.20. The van der Waals surface area contributed by atoms with Crippen LogP contribution in [-0.2, 0) is 9.53 Å². The molecule has 0 unspecified atom stereocenters. The van der Waals surface area contributed by atoms with Crippen molar-refractivity contribution in [2.75, 3.05) is 19.0 Å². The molecule has 2 aromatic rings. The Morgan fingerprint density at radius 1 is 1.08 bits per heavy atom. The summed E-state index contributed by atoms with van der Waals surface area (Å²) in [6, 6.07) is 6.85. The summed E-state index contributed by atoms with van der Waals surface area (Å²) < 4.78 is 37.2. The fraction of sp³-hybridized carbons (Fsp3) is 0.222. The summed E-state index contributed by atoms with van der Waals surface area (Å²) in [5.41, 5.74) is 1.09. The molecule has 0 saturated heterocycles. The van der Waals surface area contributed by atoms with Crippen molar-refractivity contribution in [3.63, 3.8) is 0 Å². The summed E-state index contributed by atoms with van der Waals surface area (Å²) in [5, 5.41) is 2.24. The number of carbonyl (C=O) groups excluding carboxylic acids is 2. The quantitative estimate of drug-likeness (QED) is 0.841. The predicted molar refractivity (Wildman–Crippen MR) is 87.7 cm³/mol. The summed E-state index contributed by atoms with van der Waals surface area (Å²) in [4.78, 5) is 23.4. The Bertz CT molecular complexity index is 821. The predicted octanol–water partition coefficient (Wildman–Crippen LogP) is 3.39. The molecule has 0 radical (unpaired) electrons. The molecule has 0 atom stereocenters. The zero-order chi connectivity index (χ0) is 18.6. The molecule has 0 aliphatic heterocycles. The molecule has 25 heavy (non-hydrogen) atoms. The smallest absolute Gasteiger partial charge is 0.340 e. The van der Waals surface area contributed by atoms with E-state index in [1.54, 1.807) is 6.07 Å². The number of anilines is 1. The zero-order valence-corrected chi connectivity index (χ0v) is 14.0. The number of rotatable bonds is 5. The second-order valence-corrected chi connectivity index (χ2v) is 5.41. The molecule has 0 aromatic heterocycles. The number of amides is 1. The maximum absolute atomic E-state index is 13.8. The van der Waals surface area contributed by atoms with Crippen molar-refractivity contribution in [3.8, 4) is 5.75 Å². The van der Waals surface area contributed by atoms with Crippen molar-refractivity contribution in [1.29, 1.82) is 0 Å². The van der Waals surface area contributed by atoms with Gasteiger partial charge in [0.15, 0.2) is 6.61 Å². The van der Waals surface area contributed by atoms with Gasteiger partial charge in [0.2, 0.25) is 0 Å². The second-order valence-electron chi connectivity index (χ2n) is 5.41. The molecule has 132 valence electrons. The third-order valence-corrected chi connectivity index (χ3v) is 3.43. The maximum Gasteiger partial charge on any atom is 0.340 e. The van der Waals surface area contributed by atoms with E-state index in [2.05, 4.69) is 10.1 Å². The minimum Gasteiger partial charge on any atom is -0.483 e. The van der Waals surface area contributed by atoms with Gasteiger partial charge in [-0.1, -0.05) is 17.7 Å². The summed E-state index contributed by atoms with van der Waals surface area (Å²) in [6.07, 6.45) is 0. The molecule has 1 N–H and O–H groups in total. The lowest BCUT2D eigenvalue weighted by Gasteiger charge is -2.11. The van der Waals surface area contributed by atoms with E-state index >= 15 is 0 Å². The molecular formula is C18H17F2NO4. The first kappa shape index (κ1) is 18.4. The van der Waals surface area contributed by atoms with E-state index in [-0.39, 0.29) is 12.3 Å². The third kappa shape index (κ3) is 4.53. The van der Waals surface area contributed by atoms with Gasteiger partial charge in [0.25, 0.3) is 5.91 Å². The zero-order valence-electron chi connectivity index (χ0n) is 14.0. The molecule has 0 aliphatic carbocycles. The number of halogens is 2. The lowest BCUT2D eigenvalue weighted by Crippen LogP contribution is -2.21. The second kappa shape index (κ2) is 7.74. The Labute approximate surface area is 143 Å². The average Bonchev–Trinajstić information content (AvgIpc) is 2.55. The molecule has 1 amide bonds. The molecule has 0 heterocycles. The number of carbonyl (C=O) groups is 2. The first-order valence-electron chi connectivity index (χ1n) is 7.39. The Morgan fingerprint density at radius 3 is 2.44 bits per heavy atom. The molecule has 2 aromatic carbocycles. The third-order valence-electron chi connectivity index (χ3n) is 3.43. The maximum atomic E-state index is 13.8. The molecule has 0 bridgehead atoms. The molecule has 0 spiro atoms. The van der Waals surface area contributed by atoms with Crippen LogP contribution in [0, 0.1) is 25.5 Å². The molecule has 2 rings (SSSR count). The van der Waals surface area contributed by atoms with E-state index in [9.17, 15) is 18.4 Å². The largest absolute Gasteiger partial charge is 0.483 e. The van der Waals surface area contributed by atoms with Gasteiger partial charge in [0, 0.05) is 6.07 Å². The van der Waals surface area contributed by atoms with E-state index in [1.165, 1.54) is 0 Å². The standard InChI is InChI=1S/C18H17F2NO4/c1-10-4-5-16(11(2)6-10)25-9-17(22)21-15-7-12(18(23)24-3)13(19)8-14(15)20/h4-8H,9H2,1-3H3,(H,21,22). The number of benzene rings is 2. The Hall–Kier alpha value is -2.96. The highest BCUT2D eigenvalue weighted by Gasteiger charge is 2.18. The van der Waals surface area contributed by atoms with E-state index in [4.69, 9.17) is 4.74 Å². The summed E-state index contributed by atoms with van der Waals surface area (Å²) >= 11 is 0. The monoisotopic (exact) mass is 349 g/mol. The molecule has 0 fully saturated rings. The van der Waals surface area contributed by atoms with Gasteiger partial charge in [0.1, 0.15) is 17.4 Å². The fourth-order valence-corrected chi connectivity index (χ4v) is 2.20. The summed E-state index contributed by atoms with van der Waals surface area (Å²) in [7, 11) is 1.07. The first-order chi connectivity index (χ1) is 11.8. The van der Waals surface area contributed by atoms with E-state index < -0.39 is 29.1 Å². The number of methoxy groups -OCH3 is 1. The van der Waals surface area contributed by atoms with Crippen molar-refractivity contribution in [3.05, 3.63) is 58.7 Å². The SMILES string of the molecule is COC(=O)c1cc(NC(=O)COc2ccc(C)cc2C)c(F)cc1F. The summed E-state index contributed by atoms with van der Waals surface area (Å²) in [5.74, 6) is -3.18. The highest BCUT2D eigenvalue weighted by molar-refractivity contribution is 5.95. The summed E-state index contributed by atoms with van der Waals surface area (Å²) in [6.45, 7) is 3.40. The van der Waals surface area contributed by atoms with Crippen LogP contribution in [-0.4, -0.2) is 25.6 Å². The van der Waals surface area contributed by atoms with Crippen molar-refractivity contribution < 1.29 is 27.8 Å². The lowest BCUT2D eigenvalue weighted by molar-refractivity contribution is -0.118. The normalized spacial score (nSPS) is 10.3. The molecular weight excluding hydrogens is 332 g/mol. The van der Waals surface area contributed by atoms with Crippen LogP contribution < -0.4 is 10.1 Å². The minimum atomic E-state index is -1.08. The van der Waals surface area contributed by atoms with Crippen molar-refractivity contribution in [2.45, 2.75) is 13.8 Å². The van der Waals surface area contributed by atoms with Gasteiger partial charge < -0.3 is 14.8 Å². The number of esters is 1. The van der Waals surface area contributed by atoms with Crippen LogP contribution in [0.15, 0.2) is 30.3 Å². The van der Waals surface area contributed by atoms with Gasteiger partial charge in [-0.25, -0.2) is 13.6 Å². The van der Waals surface area contributed by atoms with Crippen molar-refractivity contribution in [1.82, 2.24) is 0 Å². The highest BCUT2D eigenvalue weighted by Crippen LogP contribution is 2.21. The van der Waals surface area contributed by atoms with Crippen molar-refractivity contribution >= 4 is 17.6 Å². The van der Waals surface area contributed by atoms with Crippen LogP contribution in [0.1, 0.15) is 21.5 Å². The van der Waals surface area contributed by atoms with Gasteiger partial charge in [-0.2, -0.15) is 0 Å². The van der Waals surface area contributed by atoms with Crippen LogP contribution in [0.3, 0.4) is 0 Å². The number of aryl methyl sites for hydroxylation is 2. The first-order valence-corrected chi connectivity index (χ1v) is 7.39. The number of ether oxygens (including phenoxy) is 2. The van der Waals surface area contributed by atoms with Crippen LogP contribution in [0.25, 0.3) is 0 Å². The average molecular weight is 349 g/mol. The van der Waals surface area contributed by atoms with E-state index in [1.807, 2.05) is 26.0 Å². The van der Waals surface area contributed by atoms with Crippen LogP contribution in [0.5, 0.6) is 5.75 Å². The topological polar surface area (TPSA) is 64.6 Å². The highest BCUT2D eigenvalue weighted by atomic mass is 19.1. The number of nitrogens with one attached hydrogen (secondary N) is 1. The minimum absolute atomic E-state index is 0.337. The van der Waals surface area contributed by atoms with E-state index in [0.29, 0.717) is 11.8 Å². The van der Waals surface area contributed by atoms with E-state index in [0.717, 1.165) is 24.3 Å². The molecule has 7 heteroatoms. The van der Waals surface area contributed by atoms with Gasteiger partial charge in [-0.05, 0) is 31.5 Å². The Kier molecular flexibility index (Phi) is 5.69. The van der Waals surface area contributed by atoms with Crippen molar-refractivity contribution in [2.24, 2.45) is 0 Å². The molecule has 5 nitrogen and oxygen atoms in total. The van der Waals surface area contributed by atoms with Gasteiger partial charge in [0.05, 0.1) is 18.4 Å². The Balaban J connectivity index is 2.08. The van der Waals surface area contributed by atoms with Gasteiger partial charge >= 0.3 is 5.97 Å². The lowest BCUT2D eigenvalue weighted by atomic mass is 10.1. The van der Waals surface area contributed by atoms with Crippen LogP contribution in [0.4, 0.5) is 14.5 Å². The molecule has 0 saturated carbocycles.